The van der Waals surface area contributed by atoms with Crippen LogP contribution in [0.1, 0.15) is 16.5 Å². The lowest BCUT2D eigenvalue weighted by Crippen LogP contribution is -2.41. The number of rotatable bonds is 4. The van der Waals surface area contributed by atoms with Crippen LogP contribution < -0.4 is 4.74 Å². The van der Waals surface area contributed by atoms with Crippen molar-refractivity contribution in [2.75, 3.05) is 7.11 Å². The Balaban J connectivity index is 3.79. The smallest absolute Gasteiger partial charge is 0.325 e. The third-order valence-electron chi connectivity index (χ3n) is 2.08. The quantitative estimate of drug-likeness (QED) is 0.757. The second kappa shape index (κ2) is 4.36. The Labute approximate surface area is 99.9 Å². The highest BCUT2D eigenvalue weighted by molar-refractivity contribution is 6.04. The standard InChI is InChI=1S/C10H10FNO5/c1-10(8(13)14,9(15)16)5-3-7(17-2)12-4-6(5)11/h3-4H,1-2H3,(H,13,14)(H,15,16)/i1D3. The van der Waals surface area contributed by atoms with E-state index in [0.29, 0.717) is 12.3 Å². The number of aromatic nitrogens is 1. The molecule has 1 rings (SSSR count). The highest BCUT2D eigenvalue weighted by atomic mass is 19.1. The summed E-state index contributed by atoms with van der Waals surface area (Å²) in [7, 11) is 1.13. The van der Waals surface area contributed by atoms with Crippen molar-refractivity contribution in [3.05, 3.63) is 23.6 Å². The van der Waals surface area contributed by atoms with Crippen molar-refractivity contribution in [2.45, 2.75) is 12.3 Å². The first-order valence-electron chi connectivity index (χ1n) is 5.75. The second-order valence-corrected chi connectivity index (χ2v) is 3.07. The Hall–Kier alpha value is -2.18. The Morgan fingerprint density at radius 3 is 2.53 bits per heavy atom. The fourth-order valence-electron chi connectivity index (χ4n) is 1.14. The molecule has 0 fully saturated rings. The summed E-state index contributed by atoms with van der Waals surface area (Å²) in [5.74, 6) is -6.10. The molecular weight excluding hydrogens is 233 g/mol. The van der Waals surface area contributed by atoms with Crippen molar-refractivity contribution in [1.82, 2.24) is 4.98 Å². The number of halogens is 1. The molecule has 0 aliphatic carbocycles. The minimum atomic E-state index is -3.53. The zero-order valence-electron chi connectivity index (χ0n) is 11.6. The molecule has 0 aliphatic rings. The maximum absolute atomic E-state index is 13.8. The van der Waals surface area contributed by atoms with Gasteiger partial charge in [0.15, 0.2) is 5.41 Å². The average Bonchev–Trinajstić information content (AvgIpc) is 2.29. The summed E-state index contributed by atoms with van der Waals surface area (Å²) in [5, 5.41) is 18.2. The second-order valence-electron chi connectivity index (χ2n) is 3.07. The van der Waals surface area contributed by atoms with Gasteiger partial charge in [0.1, 0.15) is 5.82 Å². The van der Waals surface area contributed by atoms with E-state index in [-0.39, 0.29) is 5.88 Å². The minimum Gasteiger partial charge on any atom is -0.481 e. The Morgan fingerprint density at radius 2 is 2.12 bits per heavy atom. The molecule has 0 saturated carbocycles. The molecule has 17 heavy (non-hydrogen) atoms. The maximum Gasteiger partial charge on any atom is 0.325 e. The fourth-order valence-corrected chi connectivity index (χ4v) is 1.14. The normalized spacial score (nSPS) is 14.4. The molecule has 1 heterocycles. The van der Waals surface area contributed by atoms with E-state index in [1.165, 1.54) is 0 Å². The van der Waals surface area contributed by atoms with Crippen LogP contribution in [0.15, 0.2) is 12.3 Å². The predicted molar refractivity (Wildman–Crippen MR) is 53.4 cm³/mol. The van der Waals surface area contributed by atoms with Crippen LogP contribution in [-0.4, -0.2) is 34.2 Å². The molecule has 0 aromatic carbocycles. The van der Waals surface area contributed by atoms with Gasteiger partial charge in [-0.2, -0.15) is 0 Å². The van der Waals surface area contributed by atoms with Crippen molar-refractivity contribution < 1.29 is 33.0 Å². The van der Waals surface area contributed by atoms with E-state index in [1.807, 2.05) is 0 Å². The van der Waals surface area contributed by atoms with Gasteiger partial charge in [0.05, 0.1) is 13.3 Å². The SMILES string of the molecule is [2H]C([2H])([2H])C(C(=O)O)(C(=O)O)c1cc(OC)ncc1F. The van der Waals surface area contributed by atoms with E-state index >= 15 is 0 Å². The molecule has 0 radical (unpaired) electrons. The van der Waals surface area contributed by atoms with Crippen LogP contribution in [0.4, 0.5) is 4.39 Å². The van der Waals surface area contributed by atoms with E-state index in [9.17, 15) is 14.0 Å². The van der Waals surface area contributed by atoms with Crippen LogP contribution in [0.5, 0.6) is 5.88 Å². The minimum absolute atomic E-state index is 0.308. The molecule has 0 atom stereocenters. The number of hydrogen-bond acceptors (Lipinski definition) is 4. The summed E-state index contributed by atoms with van der Waals surface area (Å²) in [6, 6.07) is 0.643. The molecule has 0 spiro atoms. The van der Waals surface area contributed by atoms with Crippen LogP contribution in [-0.2, 0) is 15.0 Å². The lowest BCUT2D eigenvalue weighted by atomic mass is 9.83. The lowest BCUT2D eigenvalue weighted by Gasteiger charge is -2.20. The van der Waals surface area contributed by atoms with Crippen molar-refractivity contribution in [3.8, 4) is 5.88 Å². The molecule has 0 unspecified atom stereocenters. The Kier molecular flexibility index (Phi) is 2.29. The highest BCUT2D eigenvalue weighted by Gasteiger charge is 2.45. The fraction of sp³-hybridized carbons (Fsp3) is 0.300. The third kappa shape index (κ3) is 2.03. The van der Waals surface area contributed by atoms with Gasteiger partial charge in [0.2, 0.25) is 5.88 Å². The number of carboxylic acids is 2. The first-order valence-corrected chi connectivity index (χ1v) is 4.25. The molecule has 1 aromatic heterocycles. The molecule has 0 saturated heterocycles. The van der Waals surface area contributed by atoms with E-state index in [4.69, 9.17) is 14.3 Å². The molecule has 0 bridgehead atoms. The van der Waals surface area contributed by atoms with E-state index < -0.39 is 35.6 Å². The Bertz CT molecular complexity index is 546. The summed E-state index contributed by atoms with van der Waals surface area (Å²) in [6.45, 7) is -3.53. The van der Waals surface area contributed by atoms with E-state index in [2.05, 4.69) is 9.72 Å². The summed E-state index contributed by atoms with van der Waals surface area (Å²) >= 11 is 0. The summed E-state index contributed by atoms with van der Waals surface area (Å²) in [4.78, 5) is 26.0. The molecule has 2 N–H and O–H groups in total. The van der Waals surface area contributed by atoms with Crippen LogP contribution in [0.3, 0.4) is 0 Å². The molecule has 6 nitrogen and oxygen atoms in total. The van der Waals surface area contributed by atoms with Crippen LogP contribution in [0.25, 0.3) is 0 Å². The largest absolute Gasteiger partial charge is 0.481 e. The zero-order valence-corrected chi connectivity index (χ0v) is 8.60. The number of hydrogen-bond donors (Lipinski definition) is 2. The number of carboxylic acid groups (broad SMARTS) is 2. The highest BCUT2D eigenvalue weighted by Crippen LogP contribution is 2.29. The first-order chi connectivity index (χ1) is 9.08. The summed E-state index contributed by atoms with van der Waals surface area (Å²) in [5.41, 5.74) is -4.50. The number of aliphatic carboxylic acids is 2. The van der Waals surface area contributed by atoms with Gasteiger partial charge in [0.25, 0.3) is 0 Å². The topological polar surface area (TPSA) is 96.7 Å². The molecule has 92 valence electrons. The predicted octanol–water partition coefficient (Wildman–Crippen LogP) is 0.656. The monoisotopic (exact) mass is 246 g/mol. The van der Waals surface area contributed by atoms with E-state index in [1.54, 1.807) is 0 Å². The first kappa shape index (κ1) is 8.91. The van der Waals surface area contributed by atoms with Crippen molar-refractivity contribution in [1.29, 1.82) is 0 Å². The van der Waals surface area contributed by atoms with Gasteiger partial charge in [-0.3, -0.25) is 9.59 Å². The van der Waals surface area contributed by atoms with Gasteiger partial charge in [-0.25, -0.2) is 9.37 Å². The summed E-state index contributed by atoms with van der Waals surface area (Å²) < 4.78 is 40.0. The third-order valence-corrected chi connectivity index (χ3v) is 2.08. The van der Waals surface area contributed by atoms with Crippen LogP contribution in [0.2, 0.25) is 0 Å². The van der Waals surface area contributed by atoms with Crippen molar-refractivity contribution >= 4 is 11.9 Å². The molecule has 1 aromatic rings. The molecule has 0 amide bonds. The van der Waals surface area contributed by atoms with Gasteiger partial charge in [-0.05, 0) is 6.85 Å². The maximum atomic E-state index is 13.8. The molecule has 0 aliphatic heterocycles. The van der Waals surface area contributed by atoms with Crippen LogP contribution in [0, 0.1) is 5.82 Å². The number of carbonyl (C=O) groups is 2. The van der Waals surface area contributed by atoms with Gasteiger partial charge in [-0.15, -0.1) is 0 Å². The van der Waals surface area contributed by atoms with Gasteiger partial charge in [-0.1, -0.05) is 0 Å². The summed E-state index contributed by atoms with van der Waals surface area (Å²) in [6.07, 6.45) is 0.501. The number of ether oxygens (including phenoxy) is 1. The average molecular weight is 246 g/mol. The van der Waals surface area contributed by atoms with Gasteiger partial charge >= 0.3 is 11.9 Å². The van der Waals surface area contributed by atoms with Crippen molar-refractivity contribution in [3.63, 3.8) is 0 Å². The molecule has 7 heteroatoms. The van der Waals surface area contributed by atoms with Crippen molar-refractivity contribution in [2.24, 2.45) is 0 Å². The number of pyridine rings is 1. The zero-order chi connectivity index (χ0) is 15.7. The van der Waals surface area contributed by atoms with E-state index in [0.717, 1.165) is 7.11 Å². The van der Waals surface area contributed by atoms with Gasteiger partial charge < -0.3 is 14.9 Å². The lowest BCUT2D eigenvalue weighted by molar-refractivity contribution is -0.156. The number of nitrogens with zero attached hydrogens (tertiary/aromatic N) is 1. The van der Waals surface area contributed by atoms with Gasteiger partial charge in [0, 0.05) is 15.7 Å². The molecular formula is C10H10FNO5. The van der Waals surface area contributed by atoms with Crippen LogP contribution >= 0.6 is 0 Å². The Morgan fingerprint density at radius 1 is 1.53 bits per heavy atom. The number of methoxy groups -OCH3 is 1.